The molecular formula is C29H33ClFNO3. The lowest BCUT2D eigenvalue weighted by molar-refractivity contribution is -0.160. The molecule has 0 amide bonds. The molecule has 6 heteroatoms. The molecule has 3 aromatic carbocycles. The first-order valence-corrected chi connectivity index (χ1v) is 12.3. The van der Waals surface area contributed by atoms with E-state index < -0.39 is 5.41 Å². The number of ether oxygens (including phenoxy) is 2. The van der Waals surface area contributed by atoms with Gasteiger partial charge in [0.25, 0.3) is 0 Å². The van der Waals surface area contributed by atoms with Crippen LogP contribution in [0, 0.1) is 11.2 Å². The first-order valence-electron chi connectivity index (χ1n) is 11.9. The number of hydrogen-bond acceptors (Lipinski definition) is 4. The van der Waals surface area contributed by atoms with Gasteiger partial charge in [-0.2, -0.15) is 0 Å². The van der Waals surface area contributed by atoms with E-state index in [1.807, 2.05) is 68.4 Å². The summed E-state index contributed by atoms with van der Waals surface area (Å²) in [6, 6.07) is 21.6. The maximum atomic E-state index is 14.2. The van der Waals surface area contributed by atoms with Crippen molar-refractivity contribution >= 4 is 17.6 Å². The Bertz CT molecular complexity index is 1090. The molecule has 0 fully saturated rings. The molecule has 186 valence electrons. The van der Waals surface area contributed by atoms with Crippen LogP contribution in [0.1, 0.15) is 37.8 Å². The molecule has 0 bridgehead atoms. The molecule has 0 unspecified atom stereocenters. The molecule has 0 radical (unpaired) electrons. The molecule has 35 heavy (non-hydrogen) atoms. The van der Waals surface area contributed by atoms with Gasteiger partial charge in [-0.1, -0.05) is 66.2 Å². The molecule has 3 aromatic rings. The normalized spacial score (nSPS) is 13.7. The summed E-state index contributed by atoms with van der Waals surface area (Å²) in [5, 5.41) is 0.491. The zero-order valence-corrected chi connectivity index (χ0v) is 21.1. The van der Waals surface area contributed by atoms with E-state index in [4.69, 9.17) is 26.8 Å². The van der Waals surface area contributed by atoms with Crippen LogP contribution < -0.4 is 5.73 Å². The summed E-state index contributed by atoms with van der Waals surface area (Å²) >= 11 is 6.02. The number of halogens is 2. The predicted molar refractivity (Wildman–Crippen MR) is 139 cm³/mol. The molecule has 2 N–H and O–H groups in total. The van der Waals surface area contributed by atoms with Crippen LogP contribution in [0.25, 0.3) is 11.1 Å². The van der Waals surface area contributed by atoms with Crippen LogP contribution in [0.15, 0.2) is 72.8 Å². The minimum atomic E-state index is -0.781. The van der Waals surface area contributed by atoms with Gasteiger partial charge in [-0.05, 0) is 68.0 Å². The van der Waals surface area contributed by atoms with Crippen LogP contribution in [0.5, 0.6) is 0 Å². The van der Waals surface area contributed by atoms with E-state index in [2.05, 4.69) is 0 Å². The Morgan fingerprint density at radius 3 is 2.46 bits per heavy atom. The van der Waals surface area contributed by atoms with Crippen molar-refractivity contribution in [1.29, 1.82) is 0 Å². The van der Waals surface area contributed by atoms with E-state index in [0.717, 1.165) is 16.7 Å². The van der Waals surface area contributed by atoms with Crippen molar-refractivity contribution in [2.24, 2.45) is 11.1 Å². The Hall–Kier alpha value is -2.73. The summed E-state index contributed by atoms with van der Waals surface area (Å²) in [7, 11) is 0. The van der Waals surface area contributed by atoms with Gasteiger partial charge in [0.05, 0.1) is 12.0 Å². The topological polar surface area (TPSA) is 61.5 Å². The van der Waals surface area contributed by atoms with Crippen LogP contribution in [0.3, 0.4) is 0 Å². The maximum Gasteiger partial charge on any atom is 0.314 e. The third kappa shape index (κ3) is 7.89. The second-order valence-corrected chi connectivity index (χ2v) is 9.52. The molecule has 0 aliphatic carbocycles. The fourth-order valence-electron chi connectivity index (χ4n) is 3.91. The zero-order chi connectivity index (χ0) is 25.3. The van der Waals surface area contributed by atoms with Gasteiger partial charge in [0.2, 0.25) is 0 Å². The number of hydrogen-bond donors (Lipinski definition) is 1. The maximum absolute atomic E-state index is 14.2. The smallest absolute Gasteiger partial charge is 0.314 e. The fraction of sp³-hybridized carbons (Fsp3) is 0.345. The summed E-state index contributed by atoms with van der Waals surface area (Å²) < 4.78 is 25.4. The van der Waals surface area contributed by atoms with Crippen LogP contribution in [0.4, 0.5) is 4.39 Å². The van der Waals surface area contributed by atoms with Gasteiger partial charge >= 0.3 is 5.97 Å². The Morgan fingerprint density at radius 2 is 1.77 bits per heavy atom. The second kappa shape index (κ2) is 12.8. The van der Waals surface area contributed by atoms with Crippen molar-refractivity contribution in [2.75, 3.05) is 13.2 Å². The molecule has 2 atom stereocenters. The average molecular weight is 498 g/mol. The van der Waals surface area contributed by atoms with Crippen LogP contribution in [-0.4, -0.2) is 25.2 Å². The first kappa shape index (κ1) is 26.9. The highest BCUT2D eigenvalue weighted by Crippen LogP contribution is 2.29. The Balaban J connectivity index is 1.58. The highest BCUT2D eigenvalue weighted by molar-refractivity contribution is 6.30. The van der Waals surface area contributed by atoms with Gasteiger partial charge in [-0.25, -0.2) is 4.39 Å². The molecule has 0 saturated carbocycles. The summed E-state index contributed by atoms with van der Waals surface area (Å²) in [5.74, 6) is -0.596. The average Bonchev–Trinajstić information content (AvgIpc) is 2.87. The van der Waals surface area contributed by atoms with E-state index in [0.29, 0.717) is 36.5 Å². The first-order chi connectivity index (χ1) is 16.8. The number of nitrogens with two attached hydrogens (primary N) is 1. The highest BCUT2D eigenvalue weighted by atomic mass is 35.5. The minimum absolute atomic E-state index is 0.147. The Labute approximate surface area is 212 Å². The number of carbonyl (C=O) groups excluding carboxylic acids is 1. The van der Waals surface area contributed by atoms with Crippen LogP contribution >= 0.6 is 11.6 Å². The number of carbonyl (C=O) groups is 1. The minimum Gasteiger partial charge on any atom is -0.460 e. The van der Waals surface area contributed by atoms with Crippen molar-refractivity contribution in [3.05, 3.63) is 94.8 Å². The molecule has 4 nitrogen and oxygen atoms in total. The Kier molecular flexibility index (Phi) is 9.84. The third-order valence-electron chi connectivity index (χ3n) is 6.09. The molecule has 0 heterocycles. The highest BCUT2D eigenvalue weighted by Gasteiger charge is 2.35. The zero-order valence-electron chi connectivity index (χ0n) is 20.3. The van der Waals surface area contributed by atoms with Gasteiger partial charge in [-0.15, -0.1) is 0 Å². The van der Waals surface area contributed by atoms with Gasteiger partial charge in [-0.3, -0.25) is 4.79 Å². The summed E-state index contributed by atoms with van der Waals surface area (Å²) in [6.45, 7) is 4.81. The lowest BCUT2D eigenvalue weighted by Crippen LogP contribution is -2.37. The number of benzene rings is 3. The van der Waals surface area contributed by atoms with E-state index in [9.17, 15) is 9.18 Å². The quantitative estimate of drug-likeness (QED) is 0.287. The van der Waals surface area contributed by atoms with Crippen molar-refractivity contribution < 1.29 is 18.7 Å². The second-order valence-electron chi connectivity index (χ2n) is 9.08. The third-order valence-corrected chi connectivity index (χ3v) is 6.32. The number of rotatable bonds is 12. The van der Waals surface area contributed by atoms with Crippen molar-refractivity contribution in [1.82, 2.24) is 0 Å². The van der Waals surface area contributed by atoms with E-state index >= 15 is 0 Å². The molecule has 0 spiro atoms. The van der Waals surface area contributed by atoms with Gasteiger partial charge in [0.15, 0.2) is 0 Å². The summed E-state index contributed by atoms with van der Waals surface area (Å²) in [5.41, 5.74) is 8.86. The summed E-state index contributed by atoms with van der Waals surface area (Å²) in [6.07, 6.45) is 1.82. The van der Waals surface area contributed by atoms with Crippen molar-refractivity contribution in [3.63, 3.8) is 0 Å². The van der Waals surface area contributed by atoms with Crippen LogP contribution in [0.2, 0.25) is 5.02 Å². The van der Waals surface area contributed by atoms with Crippen LogP contribution in [-0.2, 0) is 27.3 Å². The van der Waals surface area contributed by atoms with Crippen molar-refractivity contribution in [3.8, 4) is 11.1 Å². The van der Waals surface area contributed by atoms with Gasteiger partial charge in [0, 0.05) is 23.2 Å². The molecule has 0 aromatic heterocycles. The van der Waals surface area contributed by atoms with Gasteiger partial charge < -0.3 is 15.2 Å². The molecule has 0 saturated heterocycles. The van der Waals surface area contributed by atoms with E-state index in [1.165, 1.54) is 12.1 Å². The molecule has 0 aliphatic heterocycles. The summed E-state index contributed by atoms with van der Waals surface area (Å²) in [4.78, 5) is 13.0. The van der Waals surface area contributed by atoms with E-state index in [1.54, 1.807) is 6.07 Å². The fourth-order valence-corrected chi connectivity index (χ4v) is 4.08. The van der Waals surface area contributed by atoms with Gasteiger partial charge in [0.1, 0.15) is 12.4 Å². The lowest BCUT2D eigenvalue weighted by Gasteiger charge is -2.28. The molecular weight excluding hydrogens is 465 g/mol. The SMILES string of the molecule is CCOC[C@](C)(CC[C@H](N)Cc1ccc(-c2cc(Cl)ccc2F)cc1)C(=O)OCc1ccccc1. The monoisotopic (exact) mass is 497 g/mol. The Morgan fingerprint density at radius 1 is 1.06 bits per heavy atom. The number of esters is 1. The molecule has 3 rings (SSSR count). The van der Waals surface area contributed by atoms with Crippen molar-refractivity contribution in [2.45, 2.75) is 45.8 Å². The lowest BCUT2D eigenvalue weighted by atomic mass is 9.84. The largest absolute Gasteiger partial charge is 0.460 e. The predicted octanol–water partition coefficient (Wildman–Crippen LogP) is 6.58. The molecule has 0 aliphatic rings. The standard InChI is InChI=1S/C29H33ClFNO3/c1-3-34-20-29(2,28(33)35-19-22-7-5-4-6-8-22)16-15-25(32)17-21-9-11-23(12-10-21)26-18-24(30)13-14-27(26)31/h4-14,18,25H,3,15-17,19-20,32H2,1-2H3/t25-,29-/m0/s1. The van der Waals surface area contributed by atoms with E-state index in [-0.39, 0.29) is 31.0 Å².